The normalized spacial score (nSPS) is 12.3. The van der Waals surface area contributed by atoms with Gasteiger partial charge in [-0.1, -0.05) is 59.6 Å². The van der Waals surface area contributed by atoms with Crippen LogP contribution in [-0.4, -0.2) is 16.2 Å². The fourth-order valence-corrected chi connectivity index (χ4v) is 2.12. The van der Waals surface area contributed by atoms with E-state index in [4.69, 9.17) is 44.4 Å². The van der Waals surface area contributed by atoms with Crippen LogP contribution in [0.3, 0.4) is 0 Å². The highest BCUT2D eigenvalue weighted by atomic mass is 35.5. The third kappa shape index (κ3) is 5.55. The summed E-state index contributed by atoms with van der Waals surface area (Å²) in [6.07, 6.45) is -1.12. The van der Waals surface area contributed by atoms with Crippen molar-refractivity contribution in [2.45, 2.75) is 12.1 Å². The number of aliphatic hydroxyl groups is 1. The van der Waals surface area contributed by atoms with Crippen LogP contribution < -0.4 is 5.73 Å². The van der Waals surface area contributed by atoms with E-state index < -0.39 is 18.1 Å². The Bertz CT molecular complexity index is 716. The number of nitrogens with zero attached hydrogens (tertiary/aromatic N) is 1. The van der Waals surface area contributed by atoms with Crippen molar-refractivity contribution in [3.05, 3.63) is 69.7 Å². The number of hydrogen-bond acceptors (Lipinski definition) is 4. The first-order valence-corrected chi connectivity index (χ1v) is 7.19. The van der Waals surface area contributed by atoms with Crippen molar-refractivity contribution >= 4 is 29.2 Å². The summed E-state index contributed by atoms with van der Waals surface area (Å²) in [5.41, 5.74) is 6.25. The minimum absolute atomic E-state index is 0.382. The molecule has 0 spiro atoms. The number of carboxylic acids is 1. The van der Waals surface area contributed by atoms with Gasteiger partial charge in [-0.15, -0.1) is 0 Å². The van der Waals surface area contributed by atoms with E-state index in [1.165, 1.54) is 0 Å². The summed E-state index contributed by atoms with van der Waals surface area (Å²) in [6.45, 7) is 0. The van der Waals surface area contributed by atoms with Crippen LogP contribution in [0.1, 0.15) is 23.3 Å². The molecule has 4 N–H and O–H groups in total. The van der Waals surface area contributed by atoms with Crippen molar-refractivity contribution in [2.24, 2.45) is 5.73 Å². The molecule has 0 fully saturated rings. The van der Waals surface area contributed by atoms with Gasteiger partial charge in [0.05, 0.1) is 6.07 Å². The van der Waals surface area contributed by atoms with Crippen molar-refractivity contribution in [2.75, 3.05) is 0 Å². The number of rotatable bonds is 3. The standard InChI is InChI=1S/C8H8ClNO2.C8H6ClNO/c9-6-4-2-1-3-5(6)7(10)8(11)12;9-7-4-2-1-3-6(7)8(11)5-10/h1-4,7H,10H2,(H,11,12);1-4,8,11H/t7-;/m1./s1. The number of carboxylic acid groups (broad SMARTS) is 1. The van der Waals surface area contributed by atoms with Crippen LogP contribution in [0.15, 0.2) is 48.5 Å². The summed E-state index contributed by atoms with van der Waals surface area (Å²) in [5, 5.41) is 26.8. The largest absolute Gasteiger partial charge is 0.480 e. The number of aliphatic carboxylic acids is 1. The van der Waals surface area contributed by atoms with Crippen molar-refractivity contribution < 1.29 is 15.0 Å². The molecule has 2 aromatic carbocycles. The average Bonchev–Trinajstić information content (AvgIpc) is 2.55. The SMILES string of the molecule is N#CC(O)c1ccccc1Cl.N[C@@H](C(=O)O)c1ccccc1Cl. The zero-order valence-corrected chi connectivity index (χ0v) is 13.4. The molecule has 0 heterocycles. The van der Waals surface area contributed by atoms with Crippen LogP contribution in [0.5, 0.6) is 0 Å². The van der Waals surface area contributed by atoms with Crippen molar-refractivity contribution in [1.29, 1.82) is 5.26 Å². The molecular formula is C16H14Cl2N2O3. The Morgan fingerprint density at radius 2 is 1.48 bits per heavy atom. The molecular weight excluding hydrogens is 339 g/mol. The van der Waals surface area contributed by atoms with E-state index in [1.807, 2.05) is 0 Å². The molecule has 1 unspecified atom stereocenters. The van der Waals surface area contributed by atoms with Crippen molar-refractivity contribution in [3.8, 4) is 6.07 Å². The molecule has 2 aromatic rings. The van der Waals surface area contributed by atoms with Gasteiger partial charge in [-0.25, -0.2) is 0 Å². The van der Waals surface area contributed by atoms with Crippen LogP contribution >= 0.6 is 23.2 Å². The smallest absolute Gasteiger partial charge is 0.325 e. The number of hydrogen-bond donors (Lipinski definition) is 3. The summed E-state index contributed by atoms with van der Waals surface area (Å²) in [6, 6.07) is 14.0. The minimum Gasteiger partial charge on any atom is -0.480 e. The van der Waals surface area contributed by atoms with Gasteiger partial charge >= 0.3 is 5.97 Å². The van der Waals surface area contributed by atoms with E-state index in [9.17, 15) is 4.79 Å². The van der Waals surface area contributed by atoms with Gasteiger partial charge in [0.1, 0.15) is 6.04 Å². The Morgan fingerprint density at radius 1 is 1.04 bits per heavy atom. The van der Waals surface area contributed by atoms with Crippen molar-refractivity contribution in [1.82, 2.24) is 0 Å². The number of benzene rings is 2. The number of nitriles is 1. The molecule has 120 valence electrons. The van der Waals surface area contributed by atoms with E-state index in [2.05, 4.69) is 0 Å². The Hall–Kier alpha value is -2.10. The summed E-state index contributed by atoms with van der Waals surface area (Å²) in [4.78, 5) is 10.5. The topological polar surface area (TPSA) is 107 Å². The van der Waals surface area contributed by atoms with Gasteiger partial charge in [0.15, 0.2) is 6.10 Å². The van der Waals surface area contributed by atoms with Gasteiger partial charge in [0.25, 0.3) is 0 Å². The molecule has 0 saturated carbocycles. The highest BCUT2D eigenvalue weighted by molar-refractivity contribution is 6.31. The minimum atomic E-state index is -1.12. The number of nitrogens with two attached hydrogens (primary N) is 1. The van der Waals surface area contributed by atoms with Crippen LogP contribution in [0, 0.1) is 11.3 Å². The second-order valence-electron chi connectivity index (χ2n) is 4.39. The number of aliphatic hydroxyl groups excluding tert-OH is 1. The summed E-state index contributed by atoms with van der Waals surface area (Å²) in [5.74, 6) is -1.08. The van der Waals surface area contributed by atoms with Crippen LogP contribution in [0.25, 0.3) is 0 Å². The fourth-order valence-electron chi connectivity index (χ4n) is 1.63. The summed E-state index contributed by atoms with van der Waals surface area (Å²) < 4.78 is 0. The van der Waals surface area contributed by atoms with Crippen LogP contribution in [0.4, 0.5) is 0 Å². The molecule has 0 aliphatic carbocycles. The van der Waals surface area contributed by atoms with E-state index in [0.29, 0.717) is 21.2 Å². The Morgan fingerprint density at radius 3 is 1.87 bits per heavy atom. The molecule has 0 radical (unpaired) electrons. The predicted octanol–water partition coefficient (Wildman–Crippen LogP) is 3.32. The fraction of sp³-hybridized carbons (Fsp3) is 0.125. The summed E-state index contributed by atoms with van der Waals surface area (Å²) in [7, 11) is 0. The zero-order valence-electron chi connectivity index (χ0n) is 11.9. The molecule has 7 heteroatoms. The van der Waals surface area contributed by atoms with E-state index in [1.54, 1.807) is 54.6 Å². The highest BCUT2D eigenvalue weighted by Crippen LogP contribution is 2.21. The number of carbonyl (C=O) groups is 1. The molecule has 0 aromatic heterocycles. The lowest BCUT2D eigenvalue weighted by Crippen LogP contribution is -2.20. The Kier molecular flexibility index (Phi) is 7.52. The molecule has 23 heavy (non-hydrogen) atoms. The van der Waals surface area contributed by atoms with Crippen LogP contribution in [-0.2, 0) is 4.79 Å². The molecule has 0 aliphatic rings. The third-order valence-electron chi connectivity index (χ3n) is 2.83. The van der Waals surface area contributed by atoms with Crippen LogP contribution in [0.2, 0.25) is 10.0 Å². The highest BCUT2D eigenvalue weighted by Gasteiger charge is 2.16. The quantitative estimate of drug-likeness (QED) is 0.734. The molecule has 2 atom stereocenters. The second kappa shape index (κ2) is 9.13. The van der Waals surface area contributed by atoms with Gasteiger partial charge in [-0.05, 0) is 17.7 Å². The lowest BCUT2D eigenvalue weighted by molar-refractivity contribution is -0.138. The lowest BCUT2D eigenvalue weighted by atomic mass is 10.1. The molecule has 0 aliphatic heterocycles. The third-order valence-corrected chi connectivity index (χ3v) is 3.52. The predicted molar refractivity (Wildman–Crippen MR) is 88.0 cm³/mol. The average molecular weight is 353 g/mol. The maximum absolute atomic E-state index is 10.5. The maximum atomic E-state index is 10.5. The lowest BCUT2D eigenvalue weighted by Gasteiger charge is -2.07. The molecule has 0 bridgehead atoms. The Balaban J connectivity index is 0.000000231. The number of halogens is 2. The first-order chi connectivity index (χ1) is 10.9. The van der Waals surface area contributed by atoms with E-state index in [-0.39, 0.29) is 0 Å². The molecule has 5 nitrogen and oxygen atoms in total. The van der Waals surface area contributed by atoms with E-state index >= 15 is 0 Å². The van der Waals surface area contributed by atoms with Gasteiger partial charge in [-0.2, -0.15) is 5.26 Å². The van der Waals surface area contributed by atoms with Gasteiger partial charge in [0, 0.05) is 15.6 Å². The van der Waals surface area contributed by atoms with E-state index in [0.717, 1.165) is 0 Å². The van der Waals surface area contributed by atoms with Gasteiger partial charge in [-0.3, -0.25) is 4.79 Å². The molecule has 2 rings (SSSR count). The monoisotopic (exact) mass is 352 g/mol. The first-order valence-electron chi connectivity index (χ1n) is 6.43. The second-order valence-corrected chi connectivity index (χ2v) is 5.20. The summed E-state index contributed by atoms with van der Waals surface area (Å²) >= 11 is 11.4. The maximum Gasteiger partial charge on any atom is 0.325 e. The molecule has 0 saturated heterocycles. The first kappa shape index (κ1) is 18.9. The molecule has 0 amide bonds. The van der Waals surface area contributed by atoms with Gasteiger partial charge < -0.3 is 15.9 Å². The van der Waals surface area contributed by atoms with Gasteiger partial charge in [0.2, 0.25) is 0 Å². The Labute approximate surface area is 143 Å². The van der Waals surface area contributed by atoms with Crippen molar-refractivity contribution in [3.63, 3.8) is 0 Å². The zero-order chi connectivity index (χ0) is 17.4.